The zero-order chi connectivity index (χ0) is 20.5. The minimum atomic E-state index is -0.125. The van der Waals surface area contributed by atoms with E-state index in [9.17, 15) is 4.79 Å². The molecule has 1 heterocycles. The second-order valence-electron chi connectivity index (χ2n) is 6.13. The number of aryl methyl sites for hydroxylation is 1. The molecule has 0 atom stereocenters. The molecule has 0 aliphatic carbocycles. The number of thioether (sulfide) groups is 1. The maximum atomic E-state index is 12.0. The number of benzene rings is 2. The maximum Gasteiger partial charge on any atom is 0.277 e. The van der Waals surface area contributed by atoms with Crippen LogP contribution in [0.3, 0.4) is 0 Å². The smallest absolute Gasteiger partial charge is 0.277 e. The van der Waals surface area contributed by atoms with Crippen molar-refractivity contribution in [2.24, 2.45) is 0 Å². The van der Waals surface area contributed by atoms with Gasteiger partial charge in [0.1, 0.15) is 18.1 Å². The number of aromatic nitrogens is 2. The summed E-state index contributed by atoms with van der Waals surface area (Å²) in [5.74, 6) is 2.04. The molecule has 0 radical (unpaired) electrons. The summed E-state index contributed by atoms with van der Waals surface area (Å²) in [7, 11) is 0. The fraction of sp³-hybridized carbons (Fsp3) is 0.286. The molecule has 0 bridgehead atoms. The van der Waals surface area contributed by atoms with E-state index >= 15 is 0 Å². The molecule has 7 nitrogen and oxygen atoms in total. The minimum absolute atomic E-state index is 0.125. The fourth-order valence-electron chi connectivity index (χ4n) is 2.42. The Morgan fingerprint density at radius 1 is 1.03 bits per heavy atom. The molecule has 0 unspecified atom stereocenters. The van der Waals surface area contributed by atoms with Crippen LogP contribution >= 0.6 is 11.8 Å². The molecule has 1 N–H and O–H groups in total. The monoisotopic (exact) mass is 413 g/mol. The van der Waals surface area contributed by atoms with Crippen molar-refractivity contribution < 1.29 is 18.7 Å². The topological polar surface area (TPSA) is 86.5 Å². The van der Waals surface area contributed by atoms with E-state index in [0.717, 1.165) is 22.6 Å². The number of hydrogen-bond donors (Lipinski definition) is 1. The Kier molecular flexibility index (Phi) is 7.52. The number of nitrogens with one attached hydrogen (secondary N) is 1. The van der Waals surface area contributed by atoms with Crippen molar-refractivity contribution in [2.45, 2.75) is 19.1 Å². The molecule has 0 aliphatic rings. The van der Waals surface area contributed by atoms with E-state index in [1.54, 1.807) is 0 Å². The Balaban J connectivity index is 1.35. The van der Waals surface area contributed by atoms with Gasteiger partial charge in [-0.2, -0.15) is 0 Å². The normalized spacial score (nSPS) is 10.6. The summed E-state index contributed by atoms with van der Waals surface area (Å²) in [6.07, 6.45) is 0. The van der Waals surface area contributed by atoms with E-state index in [0.29, 0.717) is 30.9 Å². The summed E-state index contributed by atoms with van der Waals surface area (Å²) in [5.41, 5.74) is 2.01. The van der Waals surface area contributed by atoms with Crippen LogP contribution in [-0.4, -0.2) is 41.6 Å². The van der Waals surface area contributed by atoms with Crippen molar-refractivity contribution in [2.75, 3.05) is 25.5 Å². The van der Waals surface area contributed by atoms with Crippen molar-refractivity contribution in [1.82, 2.24) is 15.5 Å². The second-order valence-corrected chi connectivity index (χ2v) is 7.06. The van der Waals surface area contributed by atoms with Gasteiger partial charge in [-0.3, -0.25) is 4.79 Å². The van der Waals surface area contributed by atoms with Gasteiger partial charge >= 0.3 is 0 Å². The van der Waals surface area contributed by atoms with Crippen LogP contribution in [-0.2, 0) is 4.79 Å². The summed E-state index contributed by atoms with van der Waals surface area (Å²) >= 11 is 1.20. The highest BCUT2D eigenvalue weighted by Crippen LogP contribution is 2.23. The molecule has 3 aromatic rings. The lowest BCUT2D eigenvalue weighted by Gasteiger charge is -2.08. The molecule has 0 saturated heterocycles. The van der Waals surface area contributed by atoms with Crippen LogP contribution < -0.4 is 14.8 Å². The molecule has 0 saturated carbocycles. The third-order valence-corrected chi connectivity index (χ3v) is 4.68. The van der Waals surface area contributed by atoms with Crippen molar-refractivity contribution in [3.63, 3.8) is 0 Å². The van der Waals surface area contributed by atoms with E-state index in [1.165, 1.54) is 11.8 Å². The van der Waals surface area contributed by atoms with E-state index in [4.69, 9.17) is 13.9 Å². The summed E-state index contributed by atoms with van der Waals surface area (Å²) in [6, 6.07) is 15.2. The number of nitrogens with zero attached hydrogens (tertiary/aromatic N) is 2. The molecule has 0 aliphatic heterocycles. The highest BCUT2D eigenvalue weighted by Gasteiger charge is 2.11. The van der Waals surface area contributed by atoms with E-state index in [1.807, 2.05) is 62.4 Å². The van der Waals surface area contributed by atoms with Crippen molar-refractivity contribution in [3.8, 4) is 23.0 Å². The average molecular weight is 413 g/mol. The SMILES string of the molecule is CCOc1ccc(OCCNC(=O)CSc2nnc(-c3ccc(C)cc3)o2)cc1. The van der Waals surface area contributed by atoms with Gasteiger partial charge in [-0.25, -0.2) is 0 Å². The fourth-order valence-corrected chi connectivity index (χ4v) is 3.01. The number of rotatable bonds is 10. The third kappa shape index (κ3) is 6.53. The van der Waals surface area contributed by atoms with Gasteiger partial charge in [0.25, 0.3) is 5.22 Å². The van der Waals surface area contributed by atoms with Crippen molar-refractivity contribution in [3.05, 3.63) is 54.1 Å². The highest BCUT2D eigenvalue weighted by atomic mass is 32.2. The molecule has 1 amide bonds. The number of amides is 1. The van der Waals surface area contributed by atoms with Gasteiger partial charge in [0.2, 0.25) is 11.8 Å². The van der Waals surface area contributed by atoms with E-state index in [-0.39, 0.29) is 11.7 Å². The molecular formula is C21H23N3O4S. The van der Waals surface area contributed by atoms with Crippen LogP contribution in [0.1, 0.15) is 12.5 Å². The van der Waals surface area contributed by atoms with E-state index in [2.05, 4.69) is 15.5 Å². The Morgan fingerprint density at radius 2 is 1.72 bits per heavy atom. The third-order valence-electron chi connectivity index (χ3n) is 3.86. The van der Waals surface area contributed by atoms with Crippen molar-refractivity contribution >= 4 is 17.7 Å². The Morgan fingerprint density at radius 3 is 2.41 bits per heavy atom. The zero-order valence-corrected chi connectivity index (χ0v) is 17.2. The van der Waals surface area contributed by atoms with Gasteiger partial charge in [0.05, 0.1) is 18.9 Å². The van der Waals surface area contributed by atoms with Crippen LogP contribution in [0.5, 0.6) is 11.5 Å². The Labute approximate surface area is 173 Å². The van der Waals surface area contributed by atoms with Gasteiger partial charge in [0.15, 0.2) is 0 Å². The average Bonchev–Trinajstić information content (AvgIpc) is 3.21. The zero-order valence-electron chi connectivity index (χ0n) is 16.4. The largest absolute Gasteiger partial charge is 0.494 e. The van der Waals surface area contributed by atoms with E-state index < -0.39 is 0 Å². The molecule has 8 heteroatoms. The molecule has 0 fully saturated rings. The van der Waals surface area contributed by atoms with Crippen LogP contribution in [0.2, 0.25) is 0 Å². The molecule has 1 aromatic heterocycles. The predicted molar refractivity (Wildman–Crippen MR) is 111 cm³/mol. The van der Waals surface area contributed by atoms with Crippen LogP contribution in [0, 0.1) is 6.92 Å². The molecule has 3 rings (SSSR count). The quantitative estimate of drug-likeness (QED) is 0.400. The molecule has 152 valence electrons. The first-order valence-corrected chi connectivity index (χ1v) is 10.3. The maximum absolute atomic E-state index is 12.0. The first-order chi connectivity index (χ1) is 14.1. The number of carbonyl (C=O) groups excluding carboxylic acids is 1. The standard InChI is InChI=1S/C21H23N3O4S/c1-3-26-17-8-10-18(11-9-17)27-13-12-22-19(25)14-29-21-24-23-20(28-21)16-6-4-15(2)5-7-16/h4-11H,3,12-14H2,1-2H3,(H,22,25). The minimum Gasteiger partial charge on any atom is -0.494 e. The first kappa shape index (κ1) is 20.7. The lowest BCUT2D eigenvalue weighted by atomic mass is 10.1. The molecule has 0 spiro atoms. The van der Waals surface area contributed by atoms with Gasteiger partial charge in [-0.15, -0.1) is 10.2 Å². The summed E-state index contributed by atoms with van der Waals surface area (Å²) < 4.78 is 16.6. The second kappa shape index (κ2) is 10.5. The van der Waals surface area contributed by atoms with Gasteiger partial charge < -0.3 is 19.2 Å². The van der Waals surface area contributed by atoms with Gasteiger partial charge in [-0.1, -0.05) is 29.5 Å². The first-order valence-electron chi connectivity index (χ1n) is 9.29. The highest BCUT2D eigenvalue weighted by molar-refractivity contribution is 7.99. The lowest BCUT2D eigenvalue weighted by molar-refractivity contribution is -0.118. The van der Waals surface area contributed by atoms with Crippen molar-refractivity contribution in [1.29, 1.82) is 0 Å². The Bertz CT molecular complexity index is 910. The van der Waals surface area contributed by atoms with Gasteiger partial charge in [-0.05, 0) is 50.2 Å². The molecule has 2 aromatic carbocycles. The number of hydrogen-bond acceptors (Lipinski definition) is 7. The van der Waals surface area contributed by atoms with Crippen LogP contribution in [0.25, 0.3) is 11.5 Å². The van der Waals surface area contributed by atoms with Gasteiger partial charge in [0, 0.05) is 5.56 Å². The molecular weight excluding hydrogens is 390 g/mol. The summed E-state index contributed by atoms with van der Waals surface area (Å²) in [4.78, 5) is 12.0. The van der Waals surface area contributed by atoms with Crippen LogP contribution in [0.4, 0.5) is 0 Å². The Hall–Kier alpha value is -3.00. The predicted octanol–water partition coefficient (Wildman–Crippen LogP) is 3.73. The number of carbonyl (C=O) groups is 1. The molecule has 29 heavy (non-hydrogen) atoms. The summed E-state index contributed by atoms with van der Waals surface area (Å²) in [6.45, 7) is 5.36. The van der Waals surface area contributed by atoms with Crippen LogP contribution in [0.15, 0.2) is 58.2 Å². The lowest BCUT2D eigenvalue weighted by Crippen LogP contribution is -2.29. The summed E-state index contributed by atoms with van der Waals surface area (Å²) in [5, 5.41) is 11.2. The number of ether oxygens (including phenoxy) is 2.